The Balaban J connectivity index is 2.49. The number of amides is 1. The van der Waals surface area contributed by atoms with Crippen molar-refractivity contribution in [2.75, 3.05) is 6.61 Å². The molecular formula is C42H84NO12P. The summed E-state index contributed by atoms with van der Waals surface area (Å²) in [6, 6.07) is -1.15. The summed E-state index contributed by atoms with van der Waals surface area (Å²) in [5, 5.41) is 74.4. The molecule has 1 aliphatic rings. The van der Waals surface area contributed by atoms with Gasteiger partial charge in [-0.1, -0.05) is 181 Å². The molecule has 0 radical (unpaired) electrons. The lowest BCUT2D eigenvalue weighted by molar-refractivity contribution is -0.220. The van der Waals surface area contributed by atoms with E-state index >= 15 is 0 Å². The Hall–Kier alpha value is -0.700. The van der Waals surface area contributed by atoms with Gasteiger partial charge in [0.05, 0.1) is 31.3 Å². The predicted octanol–water partition coefficient (Wildman–Crippen LogP) is 6.87. The maximum Gasteiger partial charge on any atom is 0.472 e. The fraction of sp³-hybridized carbons (Fsp3) is 0.976. The largest absolute Gasteiger partial charge is 0.472 e. The van der Waals surface area contributed by atoms with E-state index in [2.05, 4.69) is 19.2 Å². The molecular weight excluding hydrogens is 741 g/mol. The lowest BCUT2D eigenvalue weighted by Gasteiger charge is -2.41. The number of aliphatic hydroxyl groups excluding tert-OH is 7. The second-order valence-corrected chi connectivity index (χ2v) is 17.9. The van der Waals surface area contributed by atoms with Gasteiger partial charge in [-0.2, -0.15) is 0 Å². The SMILES string of the molecule is CCCCCCCCCCCCCCCCCCC(O)CC(=O)NC(COP(=O)(O)OC1C(O)C(O)C(O)C(O)C1O)C(O)CCCCCCCCCCCC. The van der Waals surface area contributed by atoms with Crippen molar-refractivity contribution < 1.29 is 59.0 Å². The molecule has 13 nitrogen and oxygen atoms in total. The van der Waals surface area contributed by atoms with Crippen LogP contribution >= 0.6 is 7.82 Å². The highest BCUT2D eigenvalue weighted by molar-refractivity contribution is 7.47. The third kappa shape index (κ3) is 25.0. The minimum absolute atomic E-state index is 0.216. The molecule has 1 fully saturated rings. The van der Waals surface area contributed by atoms with Crippen molar-refractivity contribution >= 4 is 13.7 Å². The number of carbonyl (C=O) groups excluding carboxylic acids is 1. The molecule has 56 heavy (non-hydrogen) atoms. The molecule has 0 aromatic carbocycles. The summed E-state index contributed by atoms with van der Waals surface area (Å²) in [4.78, 5) is 23.4. The molecule has 1 aliphatic carbocycles. The van der Waals surface area contributed by atoms with Crippen LogP contribution in [0.25, 0.3) is 0 Å². The van der Waals surface area contributed by atoms with Gasteiger partial charge in [0.15, 0.2) is 0 Å². The van der Waals surface area contributed by atoms with E-state index in [0.29, 0.717) is 12.8 Å². The van der Waals surface area contributed by atoms with E-state index in [9.17, 15) is 50.0 Å². The summed E-state index contributed by atoms with van der Waals surface area (Å²) in [7, 11) is -5.10. The van der Waals surface area contributed by atoms with Crippen LogP contribution in [0.5, 0.6) is 0 Å². The molecule has 9 N–H and O–H groups in total. The molecule has 0 aliphatic heterocycles. The van der Waals surface area contributed by atoms with Gasteiger partial charge < -0.3 is 46.0 Å². The molecule has 0 heterocycles. The molecule has 0 spiro atoms. The van der Waals surface area contributed by atoms with Gasteiger partial charge in [-0.3, -0.25) is 13.8 Å². The molecule has 334 valence electrons. The zero-order chi connectivity index (χ0) is 41.6. The molecule has 1 rings (SSSR count). The van der Waals surface area contributed by atoms with Gasteiger partial charge in [0.25, 0.3) is 0 Å². The highest BCUT2D eigenvalue weighted by Gasteiger charge is 2.51. The van der Waals surface area contributed by atoms with Crippen LogP contribution in [0.1, 0.15) is 200 Å². The third-order valence-electron chi connectivity index (χ3n) is 11.2. The first kappa shape index (κ1) is 53.3. The highest BCUT2D eigenvalue weighted by Crippen LogP contribution is 2.47. The molecule has 0 aromatic heterocycles. The molecule has 8 unspecified atom stereocenters. The van der Waals surface area contributed by atoms with Crippen LogP contribution in [-0.2, 0) is 18.4 Å². The van der Waals surface area contributed by atoms with Crippen molar-refractivity contribution in [1.82, 2.24) is 5.32 Å². The summed E-state index contributed by atoms with van der Waals surface area (Å²) in [6.07, 6.45) is 17.4. The number of hydrogen-bond acceptors (Lipinski definition) is 11. The van der Waals surface area contributed by atoms with Crippen LogP contribution in [-0.4, -0.2) is 108 Å². The Morgan fingerprint density at radius 3 is 1.29 bits per heavy atom. The summed E-state index contributed by atoms with van der Waals surface area (Å²) in [6.45, 7) is 3.76. The van der Waals surface area contributed by atoms with E-state index in [1.54, 1.807) is 0 Å². The van der Waals surface area contributed by atoms with E-state index in [0.717, 1.165) is 51.4 Å². The molecule has 0 aromatic rings. The average molecular weight is 826 g/mol. The fourth-order valence-corrected chi connectivity index (χ4v) is 8.45. The van der Waals surface area contributed by atoms with Gasteiger partial charge >= 0.3 is 7.82 Å². The number of nitrogens with one attached hydrogen (secondary N) is 1. The van der Waals surface area contributed by atoms with Gasteiger partial charge in [-0.15, -0.1) is 0 Å². The highest BCUT2D eigenvalue weighted by atomic mass is 31.2. The van der Waals surface area contributed by atoms with E-state index < -0.39 is 75.2 Å². The van der Waals surface area contributed by atoms with Crippen LogP contribution in [0, 0.1) is 0 Å². The van der Waals surface area contributed by atoms with Crippen LogP contribution in [0.15, 0.2) is 0 Å². The average Bonchev–Trinajstić information content (AvgIpc) is 3.17. The minimum atomic E-state index is -5.10. The number of carbonyl (C=O) groups is 1. The Labute approximate surface area is 339 Å². The van der Waals surface area contributed by atoms with Gasteiger partial charge in [0.1, 0.15) is 36.6 Å². The fourth-order valence-electron chi connectivity index (χ4n) is 7.48. The Morgan fingerprint density at radius 1 is 0.554 bits per heavy atom. The van der Waals surface area contributed by atoms with E-state index in [4.69, 9.17) is 9.05 Å². The predicted molar refractivity (Wildman–Crippen MR) is 220 cm³/mol. The standard InChI is InChI=1S/C42H84NO12P/c1-3-5-7-9-11-13-15-16-17-18-19-20-21-23-25-27-29-33(44)31-36(46)43-34(35(45)30-28-26-24-22-14-12-10-8-6-4-2)32-54-56(52,53)55-42-40(50)38(48)37(47)39(49)41(42)51/h33-35,37-42,44-45,47-51H,3-32H2,1-2H3,(H,43,46)(H,52,53). The Kier molecular flexibility index (Phi) is 31.5. The summed E-state index contributed by atoms with van der Waals surface area (Å²) in [5.74, 6) is -0.559. The summed E-state index contributed by atoms with van der Waals surface area (Å²) in [5.41, 5.74) is 0. The van der Waals surface area contributed by atoms with Crippen LogP contribution in [0.3, 0.4) is 0 Å². The van der Waals surface area contributed by atoms with E-state index in [1.807, 2.05) is 0 Å². The quantitative estimate of drug-likeness (QED) is 0.0231. The normalized spacial score (nSPS) is 24.1. The van der Waals surface area contributed by atoms with Crippen molar-refractivity contribution in [1.29, 1.82) is 0 Å². The van der Waals surface area contributed by atoms with E-state index in [-0.39, 0.29) is 12.8 Å². The monoisotopic (exact) mass is 826 g/mol. The first-order valence-electron chi connectivity index (χ1n) is 22.6. The maximum absolute atomic E-state index is 13.0. The smallest absolute Gasteiger partial charge is 0.393 e. The number of phosphoric acid groups is 1. The van der Waals surface area contributed by atoms with E-state index in [1.165, 1.54) is 109 Å². The number of hydrogen-bond donors (Lipinski definition) is 9. The molecule has 1 amide bonds. The van der Waals surface area contributed by atoms with Gasteiger partial charge in [-0.05, 0) is 12.8 Å². The zero-order valence-electron chi connectivity index (χ0n) is 35.1. The van der Waals surface area contributed by atoms with Gasteiger partial charge in [0.2, 0.25) is 5.91 Å². The van der Waals surface area contributed by atoms with Crippen molar-refractivity contribution in [3.05, 3.63) is 0 Å². The summed E-state index contributed by atoms with van der Waals surface area (Å²) >= 11 is 0. The molecule has 0 bridgehead atoms. The lowest BCUT2D eigenvalue weighted by atomic mass is 9.85. The second-order valence-electron chi connectivity index (χ2n) is 16.4. The number of phosphoric ester groups is 1. The topological polar surface area (TPSA) is 226 Å². The number of rotatable bonds is 37. The van der Waals surface area contributed by atoms with Crippen LogP contribution in [0.4, 0.5) is 0 Å². The number of aliphatic hydroxyl groups is 7. The van der Waals surface area contributed by atoms with Crippen molar-refractivity contribution in [2.45, 2.75) is 255 Å². The first-order valence-corrected chi connectivity index (χ1v) is 24.1. The minimum Gasteiger partial charge on any atom is -0.393 e. The Bertz CT molecular complexity index is 979. The third-order valence-corrected chi connectivity index (χ3v) is 12.2. The van der Waals surface area contributed by atoms with Crippen molar-refractivity contribution in [3.63, 3.8) is 0 Å². The lowest BCUT2D eigenvalue weighted by Crippen LogP contribution is -2.64. The number of unbranched alkanes of at least 4 members (excludes halogenated alkanes) is 24. The summed E-state index contributed by atoms with van der Waals surface area (Å²) < 4.78 is 22.8. The first-order chi connectivity index (χ1) is 26.8. The maximum atomic E-state index is 13.0. The Morgan fingerprint density at radius 2 is 0.893 bits per heavy atom. The second kappa shape index (κ2) is 33.1. The molecule has 0 saturated heterocycles. The molecule has 8 atom stereocenters. The van der Waals surface area contributed by atoms with Crippen molar-refractivity contribution in [3.8, 4) is 0 Å². The van der Waals surface area contributed by atoms with Gasteiger partial charge in [0, 0.05) is 0 Å². The van der Waals surface area contributed by atoms with Crippen molar-refractivity contribution in [2.24, 2.45) is 0 Å². The molecule has 14 heteroatoms. The van der Waals surface area contributed by atoms with Crippen LogP contribution < -0.4 is 5.32 Å². The zero-order valence-corrected chi connectivity index (χ0v) is 36.0. The van der Waals surface area contributed by atoms with Crippen LogP contribution in [0.2, 0.25) is 0 Å². The molecule has 1 saturated carbocycles. The van der Waals surface area contributed by atoms with Gasteiger partial charge in [-0.25, -0.2) is 4.57 Å².